The Kier molecular flexibility index (Phi) is 4.11. The second-order valence-corrected chi connectivity index (χ2v) is 8.18. The van der Waals surface area contributed by atoms with E-state index in [0.29, 0.717) is 17.8 Å². The topological polar surface area (TPSA) is 21.7 Å². The quantitative estimate of drug-likeness (QED) is 0.828. The van der Waals surface area contributed by atoms with E-state index < -0.39 is 0 Å². The summed E-state index contributed by atoms with van der Waals surface area (Å²) in [5.41, 5.74) is 4.38. The van der Waals surface area contributed by atoms with Crippen LogP contribution in [0.3, 0.4) is 0 Å². The molecule has 3 atom stereocenters. The van der Waals surface area contributed by atoms with Crippen LogP contribution in [0, 0.1) is 5.92 Å². The second-order valence-electron chi connectivity index (χ2n) is 8.18. The van der Waals surface area contributed by atoms with Crippen molar-refractivity contribution in [2.45, 2.75) is 37.0 Å². The van der Waals surface area contributed by atoms with Crippen molar-refractivity contribution in [1.82, 2.24) is 4.90 Å². The zero-order valence-electron chi connectivity index (χ0n) is 15.4. The van der Waals surface area contributed by atoms with E-state index in [-0.39, 0.29) is 5.79 Å². The van der Waals surface area contributed by atoms with Gasteiger partial charge in [-0.2, -0.15) is 0 Å². The summed E-state index contributed by atoms with van der Waals surface area (Å²) in [6.45, 7) is 3.61. The predicted molar refractivity (Wildman–Crippen MR) is 102 cm³/mol. The second kappa shape index (κ2) is 6.49. The summed E-state index contributed by atoms with van der Waals surface area (Å²) in [5, 5.41) is 0. The van der Waals surface area contributed by atoms with Crippen LogP contribution in [-0.4, -0.2) is 37.5 Å². The summed E-state index contributed by atoms with van der Waals surface area (Å²) in [6.07, 6.45) is 2.18. The lowest BCUT2D eigenvalue weighted by atomic mass is 9.59. The summed E-state index contributed by atoms with van der Waals surface area (Å²) in [4.78, 5) is 2.48. The molecule has 6 rings (SSSR count). The van der Waals surface area contributed by atoms with Crippen molar-refractivity contribution in [1.29, 1.82) is 0 Å². The number of ether oxygens (including phenoxy) is 2. The van der Waals surface area contributed by atoms with Crippen LogP contribution < -0.4 is 0 Å². The summed E-state index contributed by atoms with van der Waals surface area (Å²) in [5.74, 6) is 1.23. The molecular formula is C23H27NO2. The van der Waals surface area contributed by atoms with Crippen molar-refractivity contribution in [2.75, 3.05) is 26.8 Å². The van der Waals surface area contributed by atoms with Crippen molar-refractivity contribution in [2.24, 2.45) is 5.92 Å². The van der Waals surface area contributed by atoms with Gasteiger partial charge in [-0.05, 0) is 42.0 Å². The Morgan fingerprint density at radius 3 is 2.42 bits per heavy atom. The van der Waals surface area contributed by atoms with Gasteiger partial charge in [0.25, 0.3) is 0 Å². The fourth-order valence-corrected chi connectivity index (χ4v) is 5.51. The van der Waals surface area contributed by atoms with Crippen LogP contribution >= 0.6 is 0 Å². The molecule has 1 heterocycles. The molecule has 0 radical (unpaired) electrons. The molecule has 2 unspecified atom stereocenters. The van der Waals surface area contributed by atoms with Crippen LogP contribution in [0.2, 0.25) is 0 Å². The monoisotopic (exact) mass is 349 g/mol. The number of hydrogen-bond acceptors (Lipinski definition) is 3. The molecular weight excluding hydrogens is 322 g/mol. The highest BCUT2D eigenvalue weighted by Gasteiger charge is 2.57. The molecule has 3 aliphatic carbocycles. The van der Waals surface area contributed by atoms with Gasteiger partial charge in [0.15, 0.2) is 5.79 Å². The molecule has 1 spiro atoms. The average Bonchev–Trinajstić information content (AvgIpc) is 3.12. The first-order valence-electron chi connectivity index (χ1n) is 9.84. The van der Waals surface area contributed by atoms with Crippen molar-refractivity contribution in [3.8, 4) is 0 Å². The number of hydrogen-bond donors (Lipinski definition) is 0. The van der Waals surface area contributed by atoms with Crippen molar-refractivity contribution >= 4 is 0 Å². The number of rotatable bonds is 4. The lowest BCUT2D eigenvalue weighted by Gasteiger charge is -2.53. The van der Waals surface area contributed by atoms with E-state index in [9.17, 15) is 0 Å². The summed E-state index contributed by atoms with van der Waals surface area (Å²) in [7, 11) is 2.25. The van der Waals surface area contributed by atoms with Gasteiger partial charge in [-0.25, -0.2) is 0 Å². The van der Waals surface area contributed by atoms with Crippen molar-refractivity contribution in [3.05, 3.63) is 71.3 Å². The lowest BCUT2D eigenvalue weighted by molar-refractivity contribution is -0.208. The largest absolute Gasteiger partial charge is 0.347 e. The molecule has 3 heteroatoms. The molecule has 2 fully saturated rings. The zero-order chi connectivity index (χ0) is 17.6. The summed E-state index contributed by atoms with van der Waals surface area (Å²) < 4.78 is 12.4. The number of nitrogens with zero attached hydrogens (tertiary/aromatic N) is 1. The first-order chi connectivity index (χ1) is 12.8. The Morgan fingerprint density at radius 1 is 0.962 bits per heavy atom. The summed E-state index contributed by atoms with van der Waals surface area (Å²) in [6, 6.07) is 19.7. The maximum Gasteiger partial charge on any atom is 0.175 e. The highest BCUT2D eigenvalue weighted by atomic mass is 16.7. The number of benzene rings is 2. The Hall–Kier alpha value is -1.68. The molecule has 1 saturated heterocycles. The molecule has 1 saturated carbocycles. The van der Waals surface area contributed by atoms with Crippen LogP contribution in [0.15, 0.2) is 54.6 Å². The molecule has 0 N–H and O–H groups in total. The Labute approximate surface area is 155 Å². The molecule has 0 amide bonds. The van der Waals surface area contributed by atoms with E-state index in [2.05, 4.69) is 66.5 Å². The molecule has 26 heavy (non-hydrogen) atoms. The van der Waals surface area contributed by atoms with Crippen LogP contribution in [0.5, 0.6) is 0 Å². The van der Waals surface area contributed by atoms with Gasteiger partial charge < -0.3 is 14.4 Å². The Morgan fingerprint density at radius 2 is 1.65 bits per heavy atom. The Bertz CT molecular complexity index is 769. The van der Waals surface area contributed by atoms with Gasteiger partial charge in [-0.15, -0.1) is 0 Å². The Balaban J connectivity index is 1.38. The van der Waals surface area contributed by atoms with Crippen LogP contribution in [0.25, 0.3) is 0 Å². The molecule has 2 aromatic carbocycles. The summed E-state index contributed by atoms with van der Waals surface area (Å²) >= 11 is 0. The molecule has 0 aromatic heterocycles. The maximum atomic E-state index is 6.19. The predicted octanol–water partition coefficient (Wildman–Crippen LogP) is 4.15. The van der Waals surface area contributed by atoms with E-state index in [1.807, 2.05) is 0 Å². The SMILES string of the molecule is CN(Cc1ccccc1)CC1CC2c3ccccc3[C@@H]1CC21OCCO1. The number of fused-ring (bicyclic) bond motifs is 1. The van der Waals surface area contributed by atoms with E-state index in [1.165, 1.54) is 23.1 Å². The first kappa shape index (κ1) is 16.5. The van der Waals surface area contributed by atoms with Gasteiger partial charge in [0.05, 0.1) is 13.2 Å². The third kappa shape index (κ3) is 2.70. The third-order valence-corrected chi connectivity index (χ3v) is 6.53. The molecule has 2 bridgehead atoms. The van der Waals surface area contributed by atoms with Gasteiger partial charge in [0.2, 0.25) is 0 Å². The highest BCUT2D eigenvalue weighted by molar-refractivity contribution is 5.42. The van der Waals surface area contributed by atoms with Crippen molar-refractivity contribution < 1.29 is 9.47 Å². The first-order valence-corrected chi connectivity index (χ1v) is 9.84. The van der Waals surface area contributed by atoms with Gasteiger partial charge in [-0.1, -0.05) is 54.6 Å². The van der Waals surface area contributed by atoms with Gasteiger partial charge in [-0.3, -0.25) is 0 Å². The molecule has 3 nitrogen and oxygen atoms in total. The minimum absolute atomic E-state index is 0.354. The van der Waals surface area contributed by atoms with E-state index >= 15 is 0 Å². The van der Waals surface area contributed by atoms with Crippen LogP contribution in [0.4, 0.5) is 0 Å². The molecule has 136 valence electrons. The lowest BCUT2D eigenvalue weighted by Crippen LogP contribution is -2.51. The smallest absolute Gasteiger partial charge is 0.175 e. The molecule has 2 aromatic rings. The van der Waals surface area contributed by atoms with Crippen LogP contribution in [-0.2, 0) is 16.0 Å². The zero-order valence-corrected chi connectivity index (χ0v) is 15.4. The highest BCUT2D eigenvalue weighted by Crippen LogP contribution is 2.59. The third-order valence-electron chi connectivity index (χ3n) is 6.53. The average molecular weight is 349 g/mol. The fraction of sp³-hybridized carbons (Fsp3) is 0.478. The normalized spacial score (nSPS) is 28.6. The van der Waals surface area contributed by atoms with E-state index in [1.54, 1.807) is 0 Å². The standard InChI is InChI=1S/C23H27NO2/c1-24(15-17-7-3-2-4-8-17)16-18-13-22-20-10-6-5-9-19(20)21(18)14-23(22)25-11-12-26-23/h2-10,18,21-22H,11-16H2,1H3/t18?,21-,22?/m1/s1. The minimum atomic E-state index is -0.354. The molecule has 1 aliphatic heterocycles. The fourth-order valence-electron chi connectivity index (χ4n) is 5.51. The van der Waals surface area contributed by atoms with E-state index in [4.69, 9.17) is 9.47 Å². The van der Waals surface area contributed by atoms with Gasteiger partial charge in [0.1, 0.15) is 0 Å². The van der Waals surface area contributed by atoms with E-state index in [0.717, 1.165) is 32.7 Å². The van der Waals surface area contributed by atoms with Gasteiger partial charge in [0, 0.05) is 25.4 Å². The minimum Gasteiger partial charge on any atom is -0.347 e. The van der Waals surface area contributed by atoms with Gasteiger partial charge >= 0.3 is 0 Å². The van der Waals surface area contributed by atoms with Crippen LogP contribution in [0.1, 0.15) is 41.4 Å². The van der Waals surface area contributed by atoms with Crippen molar-refractivity contribution in [3.63, 3.8) is 0 Å². The molecule has 4 aliphatic rings. The maximum absolute atomic E-state index is 6.19.